The van der Waals surface area contributed by atoms with E-state index in [2.05, 4.69) is 10.0 Å². The Morgan fingerprint density at radius 1 is 1.55 bits per heavy atom. The topological polar surface area (TPSA) is 91.7 Å². The first-order valence-corrected chi connectivity index (χ1v) is 7.91. The predicted octanol–water partition coefficient (Wildman–Crippen LogP) is -0.0700. The summed E-state index contributed by atoms with van der Waals surface area (Å²) in [7, 11) is -2.38. The number of hydrogen-bond donors (Lipinski definition) is 2. The lowest BCUT2D eigenvalue weighted by atomic mass is 10.1. The average Bonchev–Trinajstić information content (AvgIpc) is 2.81. The van der Waals surface area contributed by atoms with E-state index in [4.69, 9.17) is 4.42 Å². The first kappa shape index (κ1) is 15.0. The second-order valence-corrected chi connectivity index (χ2v) is 6.61. The Balaban J connectivity index is 2.31. The Hall–Kier alpha value is -1.38. The molecule has 0 unspecified atom stereocenters. The van der Waals surface area contributed by atoms with Crippen LogP contribution in [0.5, 0.6) is 0 Å². The van der Waals surface area contributed by atoms with Gasteiger partial charge in [0.1, 0.15) is 5.76 Å². The molecule has 1 aromatic heterocycles. The van der Waals surface area contributed by atoms with E-state index in [-0.39, 0.29) is 17.0 Å². The van der Waals surface area contributed by atoms with Crippen molar-refractivity contribution >= 4 is 15.9 Å². The molecular weight excluding hydrogens is 282 g/mol. The molecule has 0 aromatic carbocycles. The number of sulfonamides is 1. The van der Waals surface area contributed by atoms with E-state index >= 15 is 0 Å². The van der Waals surface area contributed by atoms with E-state index in [0.29, 0.717) is 17.9 Å². The van der Waals surface area contributed by atoms with E-state index in [0.717, 1.165) is 13.1 Å². The third-order valence-electron chi connectivity index (χ3n) is 3.42. The molecule has 2 rings (SSSR count). The molecule has 1 aromatic rings. The highest BCUT2D eigenvalue weighted by atomic mass is 32.2. The lowest BCUT2D eigenvalue weighted by Gasteiger charge is -2.33. The van der Waals surface area contributed by atoms with Gasteiger partial charge in [-0.3, -0.25) is 4.79 Å². The van der Waals surface area contributed by atoms with E-state index in [1.807, 2.05) is 6.92 Å². The Morgan fingerprint density at radius 3 is 2.85 bits per heavy atom. The number of rotatable bonds is 3. The number of carbonyl (C=O) groups excluding carboxylic acids is 1. The van der Waals surface area contributed by atoms with Gasteiger partial charge < -0.3 is 14.6 Å². The van der Waals surface area contributed by atoms with Crippen LogP contribution in [0.1, 0.15) is 23.0 Å². The van der Waals surface area contributed by atoms with E-state index < -0.39 is 10.0 Å². The zero-order valence-corrected chi connectivity index (χ0v) is 12.6. The van der Waals surface area contributed by atoms with Gasteiger partial charge in [0.25, 0.3) is 15.9 Å². The summed E-state index contributed by atoms with van der Waals surface area (Å²) in [5.74, 6) is 0.118. The smallest absolute Gasteiger partial charge is 0.273 e. The van der Waals surface area contributed by atoms with Crippen LogP contribution in [0.3, 0.4) is 0 Å². The molecule has 0 spiro atoms. The van der Waals surface area contributed by atoms with Crippen molar-refractivity contribution in [3.05, 3.63) is 17.4 Å². The van der Waals surface area contributed by atoms with Crippen molar-refractivity contribution in [1.29, 1.82) is 0 Å². The fourth-order valence-corrected chi connectivity index (χ4v) is 2.91. The number of furan rings is 1. The van der Waals surface area contributed by atoms with E-state index in [1.165, 1.54) is 13.1 Å². The van der Waals surface area contributed by atoms with Crippen LogP contribution in [0, 0.1) is 6.92 Å². The van der Waals surface area contributed by atoms with Crippen molar-refractivity contribution < 1.29 is 17.6 Å². The molecular formula is C12H19N3O4S. The van der Waals surface area contributed by atoms with Crippen molar-refractivity contribution in [2.75, 3.05) is 26.7 Å². The van der Waals surface area contributed by atoms with Crippen LogP contribution in [0.25, 0.3) is 0 Å². The minimum absolute atomic E-state index is 0.0647. The Kier molecular flexibility index (Phi) is 4.17. The fourth-order valence-electron chi connectivity index (χ4n) is 2.20. The van der Waals surface area contributed by atoms with Crippen LogP contribution in [0.15, 0.2) is 15.6 Å². The third kappa shape index (κ3) is 2.72. The molecule has 1 amide bonds. The number of hydrogen-bond acceptors (Lipinski definition) is 5. The lowest BCUT2D eigenvalue weighted by molar-refractivity contribution is 0.0654. The molecule has 0 saturated carbocycles. The summed E-state index contributed by atoms with van der Waals surface area (Å²) < 4.78 is 30.8. The molecule has 112 valence electrons. The standard InChI is InChI=1S/C12H19N3O4S/c1-8-7-14-4-5-15(8)12(16)10-6-11(19-9(10)2)20(17,18)13-3/h6,8,13-14H,4-5,7H2,1-3H3/t8-/m0/s1. The summed E-state index contributed by atoms with van der Waals surface area (Å²) in [6.45, 7) is 5.59. The molecule has 20 heavy (non-hydrogen) atoms. The van der Waals surface area contributed by atoms with Gasteiger partial charge in [0, 0.05) is 31.7 Å². The van der Waals surface area contributed by atoms with Crippen LogP contribution in [-0.2, 0) is 10.0 Å². The monoisotopic (exact) mass is 301 g/mol. The second kappa shape index (κ2) is 5.55. The van der Waals surface area contributed by atoms with Gasteiger partial charge >= 0.3 is 0 Å². The normalized spacial score (nSPS) is 20.1. The SMILES string of the molecule is CNS(=O)(=O)c1cc(C(=O)N2CCNC[C@@H]2C)c(C)o1. The molecule has 0 aliphatic carbocycles. The molecule has 1 saturated heterocycles. The van der Waals surface area contributed by atoms with Crippen molar-refractivity contribution in [2.24, 2.45) is 0 Å². The predicted molar refractivity (Wildman–Crippen MR) is 73.1 cm³/mol. The number of amides is 1. The van der Waals surface area contributed by atoms with Gasteiger partial charge in [-0.05, 0) is 20.9 Å². The van der Waals surface area contributed by atoms with Crippen LogP contribution in [0.2, 0.25) is 0 Å². The summed E-state index contributed by atoms with van der Waals surface area (Å²) in [6.07, 6.45) is 0. The molecule has 2 N–H and O–H groups in total. The molecule has 0 bridgehead atoms. The quantitative estimate of drug-likeness (QED) is 0.815. The average molecular weight is 301 g/mol. The summed E-state index contributed by atoms with van der Waals surface area (Å²) in [6, 6.07) is 1.35. The largest absolute Gasteiger partial charge is 0.448 e. The Morgan fingerprint density at radius 2 is 2.25 bits per heavy atom. The molecule has 1 aliphatic heterocycles. The van der Waals surface area contributed by atoms with Gasteiger partial charge in [-0.2, -0.15) is 0 Å². The first-order valence-electron chi connectivity index (χ1n) is 6.42. The highest BCUT2D eigenvalue weighted by molar-refractivity contribution is 7.89. The number of nitrogens with zero attached hydrogens (tertiary/aromatic N) is 1. The molecule has 8 heteroatoms. The van der Waals surface area contributed by atoms with E-state index in [1.54, 1.807) is 11.8 Å². The van der Waals surface area contributed by atoms with Gasteiger partial charge in [-0.1, -0.05) is 0 Å². The first-order chi connectivity index (χ1) is 9.36. The van der Waals surface area contributed by atoms with Gasteiger partial charge in [0.15, 0.2) is 0 Å². The number of aryl methyl sites for hydroxylation is 1. The maximum absolute atomic E-state index is 12.5. The minimum Gasteiger partial charge on any atom is -0.448 e. The highest BCUT2D eigenvalue weighted by Gasteiger charge is 2.29. The number of piperazine rings is 1. The molecule has 0 radical (unpaired) electrons. The summed E-state index contributed by atoms with van der Waals surface area (Å²) in [5, 5.41) is 2.97. The van der Waals surface area contributed by atoms with Crippen molar-refractivity contribution in [1.82, 2.24) is 14.9 Å². The van der Waals surface area contributed by atoms with Gasteiger partial charge in [0.05, 0.1) is 5.56 Å². The van der Waals surface area contributed by atoms with Crippen molar-refractivity contribution in [3.63, 3.8) is 0 Å². The summed E-state index contributed by atoms with van der Waals surface area (Å²) in [5.41, 5.74) is 0.299. The second-order valence-electron chi connectivity index (χ2n) is 4.79. The molecule has 1 aliphatic rings. The molecule has 1 fully saturated rings. The van der Waals surface area contributed by atoms with Crippen LogP contribution in [0.4, 0.5) is 0 Å². The zero-order chi connectivity index (χ0) is 14.9. The Labute approximate surface area is 118 Å². The third-order valence-corrected chi connectivity index (χ3v) is 4.69. The highest BCUT2D eigenvalue weighted by Crippen LogP contribution is 2.21. The van der Waals surface area contributed by atoms with Crippen LogP contribution < -0.4 is 10.0 Å². The maximum atomic E-state index is 12.5. The fraction of sp³-hybridized carbons (Fsp3) is 0.583. The van der Waals surface area contributed by atoms with Gasteiger partial charge in [-0.25, -0.2) is 13.1 Å². The molecule has 7 nitrogen and oxygen atoms in total. The number of carbonyl (C=O) groups is 1. The summed E-state index contributed by atoms with van der Waals surface area (Å²) in [4.78, 5) is 14.2. The molecule has 2 heterocycles. The van der Waals surface area contributed by atoms with Crippen LogP contribution >= 0.6 is 0 Å². The lowest BCUT2D eigenvalue weighted by Crippen LogP contribution is -2.52. The van der Waals surface area contributed by atoms with Crippen LogP contribution in [-0.4, -0.2) is 51.9 Å². The number of nitrogens with one attached hydrogen (secondary N) is 2. The summed E-state index contributed by atoms with van der Waals surface area (Å²) >= 11 is 0. The molecule has 1 atom stereocenters. The van der Waals surface area contributed by atoms with E-state index in [9.17, 15) is 13.2 Å². The zero-order valence-electron chi connectivity index (χ0n) is 11.8. The van der Waals surface area contributed by atoms with Crippen molar-refractivity contribution in [2.45, 2.75) is 25.0 Å². The van der Waals surface area contributed by atoms with Crippen molar-refractivity contribution in [3.8, 4) is 0 Å². The van der Waals surface area contributed by atoms with Gasteiger partial charge in [-0.15, -0.1) is 0 Å². The Bertz CT molecular complexity index is 608. The minimum atomic E-state index is -3.68. The maximum Gasteiger partial charge on any atom is 0.273 e. The van der Waals surface area contributed by atoms with Gasteiger partial charge in [0.2, 0.25) is 5.09 Å².